The molecule has 3 rings (SSSR count). The van der Waals surface area contributed by atoms with Crippen LogP contribution in [0.2, 0.25) is 0 Å². The Morgan fingerprint density at radius 2 is 2.04 bits per heavy atom. The number of hydrogen-bond donors (Lipinski definition) is 1. The first-order valence-corrected chi connectivity index (χ1v) is 10.7. The first-order chi connectivity index (χ1) is 13.2. The molecule has 1 aliphatic rings. The molecule has 0 amide bonds. The number of rotatable bonds is 7. The summed E-state index contributed by atoms with van der Waals surface area (Å²) in [6.45, 7) is 8.90. The number of likely N-dealkylation sites (tertiary alicyclic amines) is 1. The Balaban J connectivity index is 1.74. The van der Waals surface area contributed by atoms with Crippen LogP contribution in [-0.4, -0.2) is 54.0 Å². The number of nitrogens with one attached hydrogen (secondary N) is 1. The molecule has 2 heterocycles. The Hall–Kier alpha value is -1.92. The highest BCUT2D eigenvalue weighted by Gasteiger charge is 2.23. The van der Waals surface area contributed by atoms with Gasteiger partial charge in [0.25, 0.3) is 0 Å². The lowest BCUT2D eigenvalue weighted by atomic mass is 10.1. The third-order valence-electron chi connectivity index (χ3n) is 4.94. The van der Waals surface area contributed by atoms with Crippen LogP contribution in [0.3, 0.4) is 0 Å². The van der Waals surface area contributed by atoms with Crippen molar-refractivity contribution in [1.29, 1.82) is 0 Å². The van der Waals surface area contributed by atoms with Crippen LogP contribution in [0.1, 0.15) is 42.1 Å². The van der Waals surface area contributed by atoms with Crippen LogP contribution in [0, 0.1) is 6.92 Å². The summed E-state index contributed by atoms with van der Waals surface area (Å²) in [4.78, 5) is 14.3. The van der Waals surface area contributed by atoms with E-state index in [-0.39, 0.29) is 0 Å². The minimum absolute atomic E-state index is 0.345. The summed E-state index contributed by atoms with van der Waals surface area (Å²) < 4.78 is 0. The quantitative estimate of drug-likeness (QED) is 0.583. The van der Waals surface area contributed by atoms with Crippen LogP contribution in [0.4, 0.5) is 0 Å². The van der Waals surface area contributed by atoms with Crippen molar-refractivity contribution >= 4 is 17.3 Å². The minimum Gasteiger partial charge on any atom is -0.357 e. The van der Waals surface area contributed by atoms with Gasteiger partial charge in [-0.15, -0.1) is 11.3 Å². The van der Waals surface area contributed by atoms with E-state index in [1.807, 2.05) is 6.92 Å². The second-order valence-electron chi connectivity index (χ2n) is 7.08. The molecule has 0 spiro atoms. The molecule has 146 valence electrons. The molecule has 1 aliphatic heterocycles. The molecule has 5 nitrogen and oxygen atoms in total. The average molecular weight is 386 g/mol. The molecular weight excluding hydrogens is 354 g/mol. The van der Waals surface area contributed by atoms with Crippen LogP contribution < -0.4 is 5.32 Å². The molecule has 1 N–H and O–H groups in total. The van der Waals surface area contributed by atoms with Gasteiger partial charge in [0.1, 0.15) is 0 Å². The molecule has 2 aromatic rings. The number of aliphatic imine (C=N–C) groups is 1. The average Bonchev–Trinajstić information content (AvgIpc) is 3.34. The van der Waals surface area contributed by atoms with Crippen molar-refractivity contribution in [3.8, 4) is 0 Å². The molecule has 1 atom stereocenters. The van der Waals surface area contributed by atoms with Gasteiger partial charge in [-0.3, -0.25) is 9.89 Å². The lowest BCUT2D eigenvalue weighted by molar-refractivity contribution is 0.251. The van der Waals surface area contributed by atoms with Gasteiger partial charge in [-0.2, -0.15) is 0 Å². The lowest BCUT2D eigenvalue weighted by Crippen LogP contribution is -2.39. The van der Waals surface area contributed by atoms with Crippen molar-refractivity contribution in [2.75, 3.05) is 33.2 Å². The van der Waals surface area contributed by atoms with Crippen LogP contribution in [0.15, 0.2) is 40.7 Å². The van der Waals surface area contributed by atoms with E-state index in [9.17, 15) is 0 Å². The number of guanidine groups is 1. The predicted molar refractivity (Wildman–Crippen MR) is 114 cm³/mol. The van der Waals surface area contributed by atoms with E-state index in [2.05, 4.69) is 69.8 Å². The van der Waals surface area contributed by atoms with E-state index >= 15 is 0 Å². The Labute approximate surface area is 167 Å². The third kappa shape index (κ3) is 5.53. The van der Waals surface area contributed by atoms with Crippen molar-refractivity contribution in [3.05, 3.63) is 52.0 Å². The zero-order valence-electron chi connectivity index (χ0n) is 16.7. The normalized spacial score (nSPS) is 16.5. The summed E-state index contributed by atoms with van der Waals surface area (Å²) in [6, 6.07) is 11.1. The van der Waals surface area contributed by atoms with E-state index in [1.165, 1.54) is 31.5 Å². The van der Waals surface area contributed by atoms with Gasteiger partial charge in [0.15, 0.2) is 5.96 Å². The molecule has 1 saturated heterocycles. The Bertz CT molecular complexity index is 721. The zero-order chi connectivity index (χ0) is 19.1. The summed E-state index contributed by atoms with van der Waals surface area (Å²) in [5.41, 5.74) is 2.46. The maximum Gasteiger partial charge on any atom is 0.194 e. The molecule has 6 heteroatoms. The second kappa shape index (κ2) is 9.85. The van der Waals surface area contributed by atoms with Gasteiger partial charge in [-0.05, 0) is 45.3 Å². The van der Waals surface area contributed by atoms with Crippen LogP contribution >= 0.6 is 11.3 Å². The van der Waals surface area contributed by atoms with Crippen molar-refractivity contribution < 1.29 is 0 Å². The molecule has 0 bridgehead atoms. The molecule has 0 aliphatic carbocycles. The summed E-state index contributed by atoms with van der Waals surface area (Å²) >= 11 is 1.70. The molecule has 0 radical (unpaired) electrons. The Morgan fingerprint density at radius 3 is 2.67 bits per heavy atom. The van der Waals surface area contributed by atoms with Gasteiger partial charge in [0, 0.05) is 19.0 Å². The summed E-state index contributed by atoms with van der Waals surface area (Å²) in [7, 11) is 2.09. The maximum absolute atomic E-state index is 5.00. The van der Waals surface area contributed by atoms with Crippen LogP contribution in [-0.2, 0) is 6.54 Å². The molecule has 0 saturated carbocycles. The minimum atomic E-state index is 0.345. The molecule has 1 aromatic heterocycles. The van der Waals surface area contributed by atoms with Gasteiger partial charge in [-0.25, -0.2) is 4.98 Å². The molecule has 27 heavy (non-hydrogen) atoms. The van der Waals surface area contributed by atoms with E-state index in [4.69, 9.17) is 4.99 Å². The lowest BCUT2D eigenvalue weighted by Gasteiger charge is -2.28. The fourth-order valence-electron chi connectivity index (χ4n) is 3.60. The van der Waals surface area contributed by atoms with Crippen LogP contribution in [0.5, 0.6) is 0 Å². The summed E-state index contributed by atoms with van der Waals surface area (Å²) in [5, 5.41) is 6.68. The SMILES string of the molecule is CCNC(=NCC(c1ccccc1)N1CCCC1)N(C)Cc1csc(C)n1. The molecule has 1 aromatic carbocycles. The van der Waals surface area contributed by atoms with Crippen molar-refractivity contribution in [2.45, 2.75) is 39.3 Å². The van der Waals surface area contributed by atoms with E-state index in [0.717, 1.165) is 36.3 Å². The van der Waals surface area contributed by atoms with E-state index in [1.54, 1.807) is 11.3 Å². The number of thiazole rings is 1. The topological polar surface area (TPSA) is 43.8 Å². The molecule has 1 unspecified atom stereocenters. The number of nitrogens with zero attached hydrogens (tertiary/aromatic N) is 4. The van der Waals surface area contributed by atoms with Crippen LogP contribution in [0.25, 0.3) is 0 Å². The first kappa shape index (κ1) is 19.8. The fraction of sp³-hybridized carbons (Fsp3) is 0.524. The summed E-state index contributed by atoms with van der Waals surface area (Å²) in [5.74, 6) is 0.947. The Morgan fingerprint density at radius 1 is 1.30 bits per heavy atom. The standard InChI is InChI=1S/C21H31N5S/c1-4-22-21(25(3)15-19-16-27-17(2)24-19)23-14-20(26-12-8-9-13-26)18-10-6-5-7-11-18/h5-7,10-11,16,20H,4,8-9,12-15H2,1-3H3,(H,22,23). The van der Waals surface area contributed by atoms with Gasteiger partial charge < -0.3 is 10.2 Å². The molecular formula is C21H31N5S. The number of hydrogen-bond acceptors (Lipinski definition) is 4. The van der Waals surface area contributed by atoms with E-state index in [0.29, 0.717) is 6.04 Å². The Kier molecular flexibility index (Phi) is 7.24. The predicted octanol–water partition coefficient (Wildman–Crippen LogP) is 3.69. The number of aryl methyl sites for hydroxylation is 1. The number of benzene rings is 1. The highest BCUT2D eigenvalue weighted by Crippen LogP contribution is 2.25. The van der Waals surface area contributed by atoms with Gasteiger partial charge in [0.05, 0.1) is 29.8 Å². The van der Waals surface area contributed by atoms with Gasteiger partial charge >= 0.3 is 0 Å². The smallest absolute Gasteiger partial charge is 0.194 e. The summed E-state index contributed by atoms with van der Waals surface area (Å²) in [6.07, 6.45) is 2.58. The zero-order valence-corrected chi connectivity index (χ0v) is 17.5. The molecule has 1 fully saturated rings. The first-order valence-electron chi connectivity index (χ1n) is 9.87. The van der Waals surface area contributed by atoms with Crippen molar-refractivity contribution in [2.24, 2.45) is 4.99 Å². The van der Waals surface area contributed by atoms with E-state index < -0.39 is 0 Å². The fourth-order valence-corrected chi connectivity index (χ4v) is 4.21. The van der Waals surface area contributed by atoms with Gasteiger partial charge in [0.2, 0.25) is 0 Å². The van der Waals surface area contributed by atoms with Gasteiger partial charge in [-0.1, -0.05) is 30.3 Å². The monoisotopic (exact) mass is 385 g/mol. The third-order valence-corrected chi connectivity index (χ3v) is 5.76. The van der Waals surface area contributed by atoms with Crippen molar-refractivity contribution in [1.82, 2.24) is 20.1 Å². The van der Waals surface area contributed by atoms with Crippen molar-refractivity contribution in [3.63, 3.8) is 0 Å². The number of aromatic nitrogens is 1. The largest absolute Gasteiger partial charge is 0.357 e. The second-order valence-corrected chi connectivity index (χ2v) is 8.14. The maximum atomic E-state index is 5.00. The highest BCUT2D eigenvalue weighted by molar-refractivity contribution is 7.09. The highest BCUT2D eigenvalue weighted by atomic mass is 32.1.